The monoisotopic (exact) mass is 397 g/mol. The number of amides is 2. The molecule has 1 aliphatic rings. The lowest BCUT2D eigenvalue weighted by Gasteiger charge is -2.37. The van der Waals surface area contributed by atoms with Crippen LogP contribution in [0.15, 0.2) is 24.3 Å². The number of hydrogen-bond donors (Lipinski definition) is 0. The van der Waals surface area contributed by atoms with Gasteiger partial charge < -0.3 is 14.5 Å². The van der Waals surface area contributed by atoms with E-state index in [2.05, 4.69) is 0 Å². The maximum absolute atomic E-state index is 12.9. The normalized spacial score (nSPS) is 16.0. The van der Waals surface area contributed by atoms with E-state index in [4.69, 9.17) is 4.74 Å². The summed E-state index contributed by atoms with van der Waals surface area (Å²) in [5.74, 6) is -0.287. The largest absolute Gasteiger partial charge is 0.450 e. The number of aryl methyl sites for hydroxylation is 1. The minimum absolute atomic E-state index is 0.287. The Bertz CT molecular complexity index is 771. The average molecular weight is 397 g/mol. The molecule has 1 heterocycles. The summed E-state index contributed by atoms with van der Waals surface area (Å²) in [6.07, 6.45) is 0.699. The smallest absolute Gasteiger partial charge is 0.409 e. The van der Waals surface area contributed by atoms with Crippen LogP contribution in [0.5, 0.6) is 0 Å². The van der Waals surface area contributed by atoms with Crippen molar-refractivity contribution in [2.24, 2.45) is 0 Å². The number of benzene rings is 1. The van der Waals surface area contributed by atoms with E-state index in [-0.39, 0.29) is 5.91 Å². The van der Waals surface area contributed by atoms with Crippen molar-refractivity contribution in [1.29, 1.82) is 0 Å². The van der Waals surface area contributed by atoms with Crippen molar-refractivity contribution in [3.05, 3.63) is 29.8 Å². The molecule has 9 heteroatoms. The first kappa shape index (κ1) is 21.0. The maximum Gasteiger partial charge on any atom is 0.409 e. The molecule has 2 amide bonds. The van der Waals surface area contributed by atoms with E-state index in [1.54, 1.807) is 35.8 Å². The van der Waals surface area contributed by atoms with Crippen molar-refractivity contribution in [1.82, 2.24) is 9.80 Å². The van der Waals surface area contributed by atoms with Crippen molar-refractivity contribution < 1.29 is 22.7 Å². The van der Waals surface area contributed by atoms with Gasteiger partial charge in [-0.25, -0.2) is 13.2 Å². The minimum Gasteiger partial charge on any atom is -0.450 e. The van der Waals surface area contributed by atoms with E-state index < -0.39 is 22.2 Å². The zero-order valence-electron chi connectivity index (χ0n) is 16.2. The summed E-state index contributed by atoms with van der Waals surface area (Å²) in [6, 6.07) is 6.13. The van der Waals surface area contributed by atoms with Crippen molar-refractivity contribution in [3.8, 4) is 0 Å². The average Bonchev–Trinajstić information content (AvgIpc) is 2.62. The Morgan fingerprint density at radius 1 is 1.11 bits per heavy atom. The van der Waals surface area contributed by atoms with Gasteiger partial charge in [-0.3, -0.25) is 9.10 Å². The molecule has 8 nitrogen and oxygen atoms in total. The highest BCUT2D eigenvalue weighted by Gasteiger charge is 2.34. The topological polar surface area (TPSA) is 87.2 Å². The number of sulfonamides is 1. The number of carbonyl (C=O) groups excluding carboxylic acids is 2. The molecular weight excluding hydrogens is 370 g/mol. The van der Waals surface area contributed by atoms with Gasteiger partial charge in [-0.2, -0.15) is 0 Å². The highest BCUT2D eigenvalue weighted by Crippen LogP contribution is 2.22. The number of hydrogen-bond acceptors (Lipinski definition) is 5. The number of ether oxygens (including phenoxy) is 1. The molecule has 2 rings (SSSR count). The van der Waals surface area contributed by atoms with E-state index in [0.717, 1.165) is 16.1 Å². The third-order valence-electron chi connectivity index (χ3n) is 4.47. The Labute approximate surface area is 160 Å². The first-order valence-electron chi connectivity index (χ1n) is 8.91. The van der Waals surface area contributed by atoms with Gasteiger partial charge in [0.15, 0.2) is 0 Å². The molecule has 1 aromatic carbocycles. The van der Waals surface area contributed by atoms with E-state index in [9.17, 15) is 18.0 Å². The van der Waals surface area contributed by atoms with Crippen LogP contribution in [0.2, 0.25) is 0 Å². The lowest BCUT2D eigenvalue weighted by atomic mass is 10.2. The summed E-state index contributed by atoms with van der Waals surface area (Å²) in [7, 11) is -3.64. The van der Waals surface area contributed by atoms with Gasteiger partial charge in [0.2, 0.25) is 15.9 Å². The van der Waals surface area contributed by atoms with Gasteiger partial charge in [0, 0.05) is 26.2 Å². The predicted molar refractivity (Wildman–Crippen MR) is 103 cm³/mol. The number of rotatable bonds is 5. The fraction of sp³-hybridized carbons (Fsp3) is 0.556. The lowest BCUT2D eigenvalue weighted by molar-refractivity contribution is -0.133. The second-order valence-corrected chi connectivity index (χ2v) is 8.44. The predicted octanol–water partition coefficient (Wildman–Crippen LogP) is 1.45. The molecule has 0 aliphatic carbocycles. The number of anilines is 1. The molecule has 150 valence electrons. The van der Waals surface area contributed by atoms with Crippen molar-refractivity contribution >= 4 is 27.7 Å². The third kappa shape index (κ3) is 5.12. The molecule has 0 unspecified atom stereocenters. The van der Waals surface area contributed by atoms with Crippen LogP contribution in [0.1, 0.15) is 19.4 Å². The van der Waals surface area contributed by atoms with Crippen LogP contribution in [0.3, 0.4) is 0 Å². The molecule has 0 saturated carbocycles. The van der Waals surface area contributed by atoms with Crippen LogP contribution in [0.4, 0.5) is 10.5 Å². The molecule has 0 radical (unpaired) electrons. The van der Waals surface area contributed by atoms with Crippen LogP contribution in [0, 0.1) is 6.92 Å². The Morgan fingerprint density at radius 2 is 1.63 bits per heavy atom. The summed E-state index contributed by atoms with van der Waals surface area (Å²) in [4.78, 5) is 27.8. The van der Waals surface area contributed by atoms with Crippen LogP contribution in [-0.4, -0.2) is 75.3 Å². The molecule has 1 fully saturated rings. The highest BCUT2D eigenvalue weighted by atomic mass is 32.2. The van der Waals surface area contributed by atoms with Gasteiger partial charge in [-0.15, -0.1) is 0 Å². The standard InChI is InChI=1S/C18H27N3O5S/c1-5-26-18(23)20-12-10-19(11-13-20)17(22)15(3)21(27(4,24)25)16-8-6-14(2)7-9-16/h6-9,15H,5,10-13H2,1-4H3/t15-/m0/s1. The van der Waals surface area contributed by atoms with Gasteiger partial charge in [-0.05, 0) is 32.9 Å². The van der Waals surface area contributed by atoms with Crippen LogP contribution in [0.25, 0.3) is 0 Å². The summed E-state index contributed by atoms with van der Waals surface area (Å²) in [5, 5.41) is 0. The van der Waals surface area contributed by atoms with E-state index in [1.165, 1.54) is 0 Å². The molecule has 1 saturated heterocycles. The lowest BCUT2D eigenvalue weighted by Crippen LogP contribution is -2.56. The van der Waals surface area contributed by atoms with Crippen LogP contribution < -0.4 is 4.31 Å². The van der Waals surface area contributed by atoms with E-state index in [1.807, 2.05) is 19.1 Å². The Hall–Kier alpha value is -2.29. The summed E-state index contributed by atoms with van der Waals surface area (Å²) in [6.45, 7) is 6.94. The zero-order chi connectivity index (χ0) is 20.2. The fourth-order valence-corrected chi connectivity index (χ4v) is 4.25. The van der Waals surface area contributed by atoms with Gasteiger partial charge in [0.1, 0.15) is 6.04 Å². The summed E-state index contributed by atoms with van der Waals surface area (Å²) in [5.41, 5.74) is 1.45. The maximum atomic E-state index is 12.9. The molecule has 0 N–H and O–H groups in total. The summed E-state index contributed by atoms with van der Waals surface area (Å²) < 4.78 is 30.8. The van der Waals surface area contributed by atoms with E-state index >= 15 is 0 Å². The Morgan fingerprint density at radius 3 is 2.11 bits per heavy atom. The second-order valence-electron chi connectivity index (χ2n) is 6.58. The van der Waals surface area contributed by atoms with Crippen molar-refractivity contribution in [2.75, 3.05) is 43.3 Å². The number of carbonyl (C=O) groups is 2. The Kier molecular flexibility index (Phi) is 6.69. The first-order chi connectivity index (χ1) is 12.6. The molecule has 1 atom stereocenters. The SMILES string of the molecule is CCOC(=O)N1CCN(C(=O)[C@H](C)N(c2ccc(C)cc2)S(C)(=O)=O)CC1. The molecule has 0 spiro atoms. The second kappa shape index (κ2) is 8.60. The molecular formula is C18H27N3O5S. The van der Waals surface area contributed by atoms with Gasteiger partial charge in [0.05, 0.1) is 18.6 Å². The van der Waals surface area contributed by atoms with Crippen molar-refractivity contribution in [3.63, 3.8) is 0 Å². The Balaban J connectivity index is 2.12. The van der Waals surface area contributed by atoms with E-state index in [0.29, 0.717) is 38.5 Å². The van der Waals surface area contributed by atoms with Gasteiger partial charge in [-0.1, -0.05) is 17.7 Å². The van der Waals surface area contributed by atoms with Crippen LogP contribution in [-0.2, 0) is 19.6 Å². The number of piperazine rings is 1. The molecule has 1 aliphatic heterocycles. The molecule has 27 heavy (non-hydrogen) atoms. The first-order valence-corrected chi connectivity index (χ1v) is 10.8. The fourth-order valence-electron chi connectivity index (χ4n) is 3.08. The molecule has 1 aromatic rings. The third-order valence-corrected chi connectivity index (χ3v) is 5.71. The zero-order valence-corrected chi connectivity index (χ0v) is 17.0. The molecule has 0 bridgehead atoms. The quantitative estimate of drug-likeness (QED) is 0.751. The summed E-state index contributed by atoms with van der Waals surface area (Å²) >= 11 is 0. The molecule has 0 aromatic heterocycles. The van der Waals surface area contributed by atoms with Gasteiger partial charge >= 0.3 is 6.09 Å². The number of nitrogens with zero attached hydrogens (tertiary/aromatic N) is 3. The van der Waals surface area contributed by atoms with Crippen molar-refractivity contribution in [2.45, 2.75) is 26.8 Å². The van der Waals surface area contributed by atoms with Crippen LogP contribution >= 0.6 is 0 Å². The van der Waals surface area contributed by atoms with Gasteiger partial charge in [0.25, 0.3) is 0 Å². The highest BCUT2D eigenvalue weighted by molar-refractivity contribution is 7.92. The minimum atomic E-state index is -3.64.